The summed E-state index contributed by atoms with van der Waals surface area (Å²) in [6.07, 6.45) is 3.95. The molecule has 3 heteroatoms. The van der Waals surface area contributed by atoms with Crippen LogP contribution in [0.2, 0.25) is 5.02 Å². The zero-order valence-corrected chi connectivity index (χ0v) is 14.3. The molecule has 0 aliphatic heterocycles. The normalized spacial score (nSPS) is 31.2. The molecule has 0 radical (unpaired) electrons. The van der Waals surface area contributed by atoms with Crippen molar-refractivity contribution in [3.8, 4) is 0 Å². The van der Waals surface area contributed by atoms with Crippen LogP contribution < -0.4 is 0 Å². The van der Waals surface area contributed by atoms with E-state index in [1.807, 2.05) is 12.1 Å². The molecule has 110 valence electrons. The first-order valence-corrected chi connectivity index (χ1v) is 8.74. The second-order valence-corrected chi connectivity index (χ2v) is 8.21. The van der Waals surface area contributed by atoms with Crippen LogP contribution in [0.25, 0.3) is 10.8 Å². The lowest BCUT2D eigenvalue weighted by molar-refractivity contribution is 0.159. The maximum atomic E-state index is 10.1. The van der Waals surface area contributed by atoms with Gasteiger partial charge in [-0.15, -0.1) is 0 Å². The highest BCUT2D eigenvalue weighted by Crippen LogP contribution is 2.57. The molecule has 4 rings (SSSR count). The third-order valence-corrected chi connectivity index (χ3v) is 6.46. The van der Waals surface area contributed by atoms with E-state index in [2.05, 4.69) is 35.0 Å². The third kappa shape index (κ3) is 2.07. The molecule has 21 heavy (non-hydrogen) atoms. The number of rotatable bonds is 0. The van der Waals surface area contributed by atoms with E-state index in [1.54, 1.807) is 0 Å². The fraction of sp³-hybridized carbons (Fsp3) is 0.444. The molecule has 0 amide bonds. The molecule has 2 aliphatic rings. The highest BCUT2D eigenvalue weighted by molar-refractivity contribution is 9.10. The van der Waals surface area contributed by atoms with Crippen LogP contribution in [-0.2, 0) is 6.42 Å². The van der Waals surface area contributed by atoms with Gasteiger partial charge < -0.3 is 5.11 Å². The smallest absolute Gasteiger partial charge is 0.0551 e. The maximum absolute atomic E-state index is 10.1. The van der Waals surface area contributed by atoms with E-state index in [4.69, 9.17) is 11.6 Å². The summed E-state index contributed by atoms with van der Waals surface area (Å²) in [6.45, 7) is 2.34. The summed E-state index contributed by atoms with van der Waals surface area (Å²) in [5.74, 6) is 0.479. The highest BCUT2D eigenvalue weighted by Gasteiger charge is 2.47. The highest BCUT2D eigenvalue weighted by atomic mass is 79.9. The molecular weight excluding hydrogens is 348 g/mol. The maximum Gasteiger partial charge on any atom is 0.0551 e. The zero-order chi connectivity index (χ0) is 14.8. The number of aliphatic hydroxyl groups excluding tert-OH is 1. The molecule has 1 N–H and O–H groups in total. The Bertz CT molecular complexity index is 742. The van der Waals surface area contributed by atoms with Gasteiger partial charge in [-0.25, -0.2) is 0 Å². The first kappa shape index (κ1) is 14.0. The lowest BCUT2D eigenvalue weighted by Gasteiger charge is -2.38. The lowest BCUT2D eigenvalue weighted by Crippen LogP contribution is -2.26. The number of hydrogen-bond acceptors (Lipinski definition) is 1. The van der Waals surface area contributed by atoms with E-state index in [9.17, 15) is 5.11 Å². The predicted molar refractivity (Wildman–Crippen MR) is 91.1 cm³/mol. The summed E-state index contributed by atoms with van der Waals surface area (Å²) in [6, 6.07) is 8.44. The monoisotopic (exact) mass is 364 g/mol. The first-order chi connectivity index (χ1) is 9.98. The van der Waals surface area contributed by atoms with Gasteiger partial charge in [-0.1, -0.05) is 40.5 Å². The van der Waals surface area contributed by atoms with Crippen molar-refractivity contribution in [3.05, 3.63) is 44.9 Å². The molecule has 0 unspecified atom stereocenters. The molecule has 2 aromatic rings. The molecule has 1 fully saturated rings. The molecule has 3 atom stereocenters. The van der Waals surface area contributed by atoms with Crippen molar-refractivity contribution in [1.29, 1.82) is 0 Å². The van der Waals surface area contributed by atoms with E-state index in [-0.39, 0.29) is 11.5 Å². The number of benzene rings is 2. The van der Waals surface area contributed by atoms with Crippen molar-refractivity contribution in [2.45, 2.75) is 44.6 Å². The van der Waals surface area contributed by atoms with Crippen molar-refractivity contribution >= 4 is 38.3 Å². The van der Waals surface area contributed by atoms with Crippen LogP contribution in [0.5, 0.6) is 0 Å². The number of hydrogen-bond donors (Lipinski definition) is 1. The predicted octanol–water partition coefficient (Wildman–Crippen LogP) is 5.45. The van der Waals surface area contributed by atoms with Crippen LogP contribution in [0.4, 0.5) is 0 Å². The average Bonchev–Trinajstić information content (AvgIpc) is 2.74. The van der Waals surface area contributed by atoms with Crippen molar-refractivity contribution in [1.82, 2.24) is 0 Å². The summed E-state index contributed by atoms with van der Waals surface area (Å²) in [7, 11) is 0. The van der Waals surface area contributed by atoms with Crippen molar-refractivity contribution < 1.29 is 5.11 Å². The van der Waals surface area contributed by atoms with Gasteiger partial charge in [0.2, 0.25) is 0 Å². The summed E-state index contributed by atoms with van der Waals surface area (Å²) in [5.41, 5.74) is 3.15. The molecular formula is C18H18BrClO. The molecule has 0 bridgehead atoms. The SMILES string of the molecule is C[C@@]12CCc3c(cc(Br)c4cc(Cl)ccc34)[C@H]1C[C@H](O)C2. The van der Waals surface area contributed by atoms with Gasteiger partial charge in [0.05, 0.1) is 6.10 Å². The molecule has 0 heterocycles. The Morgan fingerprint density at radius 2 is 2.10 bits per heavy atom. The summed E-state index contributed by atoms with van der Waals surface area (Å²) >= 11 is 9.87. The minimum absolute atomic E-state index is 0.148. The van der Waals surface area contributed by atoms with Gasteiger partial charge in [0, 0.05) is 9.50 Å². The largest absolute Gasteiger partial charge is 0.393 e. The second kappa shape index (κ2) is 4.71. The average molecular weight is 366 g/mol. The molecule has 1 nitrogen and oxygen atoms in total. The van der Waals surface area contributed by atoms with Gasteiger partial charge in [0.1, 0.15) is 0 Å². The van der Waals surface area contributed by atoms with Crippen LogP contribution in [0.15, 0.2) is 28.7 Å². The molecule has 0 aromatic heterocycles. The van der Waals surface area contributed by atoms with Crippen LogP contribution in [-0.4, -0.2) is 11.2 Å². The standard InChI is InChI=1S/C18H18BrClO/c1-18-5-4-13-12-3-2-10(20)6-15(12)17(19)8-14(13)16(18)7-11(21)9-18/h2-3,6,8,11,16,21H,4-5,7,9H2,1H3/t11-,16+,18-/m0/s1. The summed E-state index contributed by atoms with van der Waals surface area (Å²) < 4.78 is 1.12. The van der Waals surface area contributed by atoms with Gasteiger partial charge in [-0.05, 0) is 77.1 Å². The van der Waals surface area contributed by atoms with E-state index < -0.39 is 0 Å². The number of halogens is 2. The van der Waals surface area contributed by atoms with E-state index in [0.29, 0.717) is 5.92 Å². The lowest BCUT2D eigenvalue weighted by atomic mass is 9.66. The Morgan fingerprint density at radius 3 is 2.90 bits per heavy atom. The zero-order valence-electron chi connectivity index (χ0n) is 12.0. The quantitative estimate of drug-likeness (QED) is 0.658. The van der Waals surface area contributed by atoms with Gasteiger partial charge in [-0.2, -0.15) is 0 Å². The second-order valence-electron chi connectivity index (χ2n) is 6.92. The Morgan fingerprint density at radius 1 is 1.29 bits per heavy atom. The van der Waals surface area contributed by atoms with E-state index >= 15 is 0 Å². The Kier molecular flexibility index (Phi) is 3.15. The Hall–Kier alpha value is -0.570. The van der Waals surface area contributed by atoms with E-state index in [1.165, 1.54) is 28.3 Å². The molecule has 0 saturated heterocycles. The molecule has 2 aliphatic carbocycles. The molecule has 1 saturated carbocycles. The minimum atomic E-state index is -0.148. The molecule has 2 aromatic carbocycles. The fourth-order valence-electron chi connectivity index (χ4n) is 4.53. The summed E-state index contributed by atoms with van der Waals surface area (Å²) in [4.78, 5) is 0. The Balaban J connectivity index is 1.97. The van der Waals surface area contributed by atoms with Crippen LogP contribution in [0.1, 0.15) is 43.2 Å². The Labute approximate surface area is 138 Å². The van der Waals surface area contributed by atoms with Crippen LogP contribution >= 0.6 is 27.5 Å². The van der Waals surface area contributed by atoms with Gasteiger partial charge in [-0.3, -0.25) is 0 Å². The van der Waals surface area contributed by atoms with Gasteiger partial charge in [0.25, 0.3) is 0 Å². The number of fused-ring (bicyclic) bond motifs is 5. The fourth-order valence-corrected chi connectivity index (χ4v) is 5.28. The first-order valence-electron chi connectivity index (χ1n) is 7.56. The van der Waals surface area contributed by atoms with Crippen molar-refractivity contribution in [2.24, 2.45) is 5.41 Å². The van der Waals surface area contributed by atoms with Crippen molar-refractivity contribution in [3.63, 3.8) is 0 Å². The van der Waals surface area contributed by atoms with Gasteiger partial charge in [0.15, 0.2) is 0 Å². The molecule has 0 spiro atoms. The summed E-state index contributed by atoms with van der Waals surface area (Å²) in [5, 5.41) is 13.4. The van der Waals surface area contributed by atoms with E-state index in [0.717, 1.165) is 28.8 Å². The third-order valence-electron chi connectivity index (χ3n) is 5.57. The van der Waals surface area contributed by atoms with Gasteiger partial charge >= 0.3 is 0 Å². The topological polar surface area (TPSA) is 20.2 Å². The van der Waals surface area contributed by atoms with Crippen LogP contribution in [0, 0.1) is 5.41 Å². The van der Waals surface area contributed by atoms with Crippen LogP contribution in [0.3, 0.4) is 0 Å². The number of aliphatic hydroxyl groups is 1. The van der Waals surface area contributed by atoms with Crippen molar-refractivity contribution in [2.75, 3.05) is 0 Å². The number of aryl methyl sites for hydroxylation is 1. The minimum Gasteiger partial charge on any atom is -0.393 e.